The van der Waals surface area contributed by atoms with Gasteiger partial charge in [0.25, 0.3) is 5.91 Å². The Morgan fingerprint density at radius 3 is 2.48 bits per heavy atom. The Bertz CT molecular complexity index is 1360. The van der Waals surface area contributed by atoms with Gasteiger partial charge in [0.1, 0.15) is 22.8 Å². The quantitative estimate of drug-likeness (QED) is 0.257. The number of rotatable bonds is 6. The smallest absolute Gasteiger partial charge is 0.255 e. The number of carbonyl (C=O) groups excluding carboxylic acids is 3. The summed E-state index contributed by atoms with van der Waals surface area (Å²) in [7, 11) is 6.85. The summed E-state index contributed by atoms with van der Waals surface area (Å²) in [4.78, 5) is 42.7. The number of likely N-dealkylation sites (N-methyl/N-ethyl adjacent to an activating group) is 1. The number of ether oxygens (including phenoxy) is 1. The third-order valence-electron chi connectivity index (χ3n) is 8.73. The van der Waals surface area contributed by atoms with Crippen molar-refractivity contribution in [1.29, 1.82) is 0 Å². The van der Waals surface area contributed by atoms with Crippen molar-refractivity contribution < 1.29 is 39.5 Å². The first-order chi connectivity index (χ1) is 18.8. The van der Waals surface area contributed by atoms with Crippen molar-refractivity contribution in [2.24, 2.45) is 17.6 Å². The summed E-state index contributed by atoms with van der Waals surface area (Å²) in [5, 5.41) is 48.7. The average Bonchev–Trinajstić information content (AvgIpc) is 3.38. The zero-order chi connectivity index (χ0) is 29.3. The molecule has 1 heterocycles. The number of nitrogens with two attached hydrogens (primary N) is 1. The Kier molecular flexibility index (Phi) is 6.94. The minimum Gasteiger partial charge on any atom is -0.508 e. The summed E-state index contributed by atoms with van der Waals surface area (Å²) >= 11 is 0. The molecule has 0 spiro atoms. The number of aliphatic hydroxyl groups excluding tert-OH is 2. The van der Waals surface area contributed by atoms with E-state index >= 15 is 0 Å². The van der Waals surface area contributed by atoms with E-state index in [2.05, 4.69) is 5.32 Å². The maximum atomic E-state index is 14.0. The number of phenolic OH excluding ortho intramolecular Hbond substituents is 1. The molecule has 0 unspecified atom stereocenters. The summed E-state index contributed by atoms with van der Waals surface area (Å²) < 4.78 is 5.44. The van der Waals surface area contributed by atoms with Gasteiger partial charge >= 0.3 is 0 Å². The summed E-state index contributed by atoms with van der Waals surface area (Å²) in [6.07, 6.45) is 1.15. The molecular formula is C28H36N4O8. The molecule has 40 heavy (non-hydrogen) atoms. The number of fused-ring (bicyclic) bond motifs is 3. The monoisotopic (exact) mass is 556 g/mol. The Balaban J connectivity index is 1.66. The zero-order valence-corrected chi connectivity index (χ0v) is 23.0. The van der Waals surface area contributed by atoms with E-state index in [9.17, 15) is 34.8 Å². The van der Waals surface area contributed by atoms with Gasteiger partial charge in [-0.15, -0.1) is 0 Å². The van der Waals surface area contributed by atoms with Crippen molar-refractivity contribution in [3.8, 4) is 5.75 Å². The molecule has 1 aromatic carbocycles. The van der Waals surface area contributed by atoms with Crippen LogP contribution in [0.4, 0.5) is 5.69 Å². The van der Waals surface area contributed by atoms with Gasteiger partial charge in [0.05, 0.1) is 18.2 Å². The molecular weight excluding hydrogens is 520 g/mol. The molecule has 3 aliphatic carbocycles. The van der Waals surface area contributed by atoms with Crippen LogP contribution < -0.4 is 16.0 Å². The van der Waals surface area contributed by atoms with Crippen LogP contribution in [-0.2, 0) is 32.1 Å². The molecule has 12 nitrogen and oxygen atoms in total. The Labute approximate surface area is 231 Å². The van der Waals surface area contributed by atoms with Crippen LogP contribution in [0.15, 0.2) is 23.0 Å². The van der Waals surface area contributed by atoms with Gasteiger partial charge in [0.2, 0.25) is 5.78 Å². The number of aromatic hydroxyl groups is 1. The fraction of sp³-hybridized carbons (Fsp3) is 0.536. The highest BCUT2D eigenvalue weighted by atomic mass is 16.5. The molecule has 4 aliphatic rings. The molecule has 1 amide bonds. The largest absolute Gasteiger partial charge is 0.508 e. The number of phenols is 1. The fourth-order valence-electron chi connectivity index (χ4n) is 7.01. The van der Waals surface area contributed by atoms with E-state index in [1.807, 2.05) is 19.0 Å². The van der Waals surface area contributed by atoms with Gasteiger partial charge in [-0.1, -0.05) is 0 Å². The van der Waals surface area contributed by atoms with Gasteiger partial charge in [-0.25, -0.2) is 0 Å². The minimum atomic E-state index is -2.66. The number of Topliss-reactive ketones (excluding diaryl/α,β-unsaturated/α-hetero) is 2. The number of primary amides is 1. The standard InChI is InChI=1S/C28H36N4O8/c1-31(2)21-13(10-30-14-5-6-40-11-14)9-17(33)19-15(21)7-12-8-16-22(32(3)4)24(35)20(27(29)38)26(37)28(16,39)25(36)18(12)23(19)34/h9,12,14,16,22,30,33-34,37,39H,5-8,10-11H2,1-4H3,(H2,29,38)/t12-,14+,16-,22-,28-/m0/s1. The topological polar surface area (TPSA) is 186 Å². The Hall–Kier alpha value is -3.45. The summed E-state index contributed by atoms with van der Waals surface area (Å²) in [5.41, 5.74) is 4.01. The second kappa shape index (κ2) is 9.88. The van der Waals surface area contributed by atoms with Crippen LogP contribution in [0.5, 0.6) is 5.75 Å². The third kappa shape index (κ3) is 4.00. The second-order valence-electron chi connectivity index (χ2n) is 11.6. The number of benzene rings is 1. The molecule has 0 radical (unpaired) electrons. The van der Waals surface area contributed by atoms with Crippen LogP contribution in [0.1, 0.15) is 29.5 Å². The molecule has 5 rings (SSSR count). The van der Waals surface area contributed by atoms with Gasteiger partial charge in [-0.3, -0.25) is 19.3 Å². The predicted octanol–water partition coefficient (Wildman–Crippen LogP) is -0.0915. The van der Waals surface area contributed by atoms with Crippen LogP contribution >= 0.6 is 0 Å². The highest BCUT2D eigenvalue weighted by molar-refractivity contribution is 6.24. The van der Waals surface area contributed by atoms with Crippen LogP contribution in [0, 0.1) is 11.8 Å². The molecule has 7 N–H and O–H groups in total. The first-order valence-electron chi connectivity index (χ1n) is 13.3. The molecule has 2 fully saturated rings. The lowest BCUT2D eigenvalue weighted by Gasteiger charge is -2.50. The zero-order valence-electron chi connectivity index (χ0n) is 23.0. The Morgan fingerprint density at radius 2 is 1.90 bits per heavy atom. The number of nitrogens with zero attached hydrogens (tertiary/aromatic N) is 2. The molecule has 1 aromatic rings. The lowest BCUT2D eigenvalue weighted by molar-refractivity contribution is -0.153. The highest BCUT2D eigenvalue weighted by Crippen LogP contribution is 2.54. The van der Waals surface area contributed by atoms with E-state index in [1.165, 1.54) is 4.90 Å². The number of nitrogens with one attached hydrogen (secondary N) is 1. The van der Waals surface area contributed by atoms with Gasteiger partial charge in [-0.2, -0.15) is 0 Å². The lowest BCUT2D eigenvalue weighted by atomic mass is 9.57. The number of ketones is 2. The lowest BCUT2D eigenvalue weighted by Crippen LogP contribution is -2.65. The van der Waals surface area contributed by atoms with Crippen LogP contribution in [0.2, 0.25) is 0 Å². The Morgan fingerprint density at radius 1 is 1.20 bits per heavy atom. The van der Waals surface area contributed by atoms with Crippen LogP contribution in [-0.4, -0.2) is 102 Å². The number of anilines is 1. The molecule has 0 aromatic heterocycles. The molecule has 5 atom stereocenters. The third-order valence-corrected chi connectivity index (χ3v) is 8.73. The van der Waals surface area contributed by atoms with Crippen molar-refractivity contribution in [2.75, 3.05) is 46.3 Å². The average molecular weight is 557 g/mol. The van der Waals surface area contributed by atoms with E-state index in [0.717, 1.165) is 17.7 Å². The SMILES string of the molecule is CN(C)c1c(CN[C@@H]2CCOC2)cc(O)c2c1C[C@H]1C[C@H]3[C@H](N(C)C)C(=O)C(C(N)=O)=C(O)[C@@]3(O)C(=O)C1=C2O. The van der Waals surface area contributed by atoms with Crippen molar-refractivity contribution in [3.63, 3.8) is 0 Å². The summed E-state index contributed by atoms with van der Waals surface area (Å²) in [6, 6.07) is 0.603. The number of carbonyl (C=O) groups is 3. The van der Waals surface area contributed by atoms with Gasteiger partial charge in [0.15, 0.2) is 11.4 Å². The summed E-state index contributed by atoms with van der Waals surface area (Å²) in [5.74, 6) is -6.64. The van der Waals surface area contributed by atoms with Crippen molar-refractivity contribution in [1.82, 2.24) is 10.2 Å². The van der Waals surface area contributed by atoms with Gasteiger partial charge in [-0.05, 0) is 56.5 Å². The van der Waals surface area contributed by atoms with Crippen molar-refractivity contribution >= 4 is 28.9 Å². The second-order valence-corrected chi connectivity index (χ2v) is 11.6. The fourth-order valence-corrected chi connectivity index (χ4v) is 7.01. The predicted molar refractivity (Wildman–Crippen MR) is 145 cm³/mol. The number of aliphatic hydroxyl groups is 3. The van der Waals surface area contributed by atoms with E-state index < -0.39 is 58.0 Å². The normalized spacial score (nSPS) is 29.9. The van der Waals surface area contributed by atoms with Crippen LogP contribution in [0.25, 0.3) is 5.76 Å². The maximum absolute atomic E-state index is 14.0. The molecule has 1 saturated heterocycles. The van der Waals surface area contributed by atoms with E-state index in [4.69, 9.17) is 10.5 Å². The number of amides is 1. The highest BCUT2D eigenvalue weighted by Gasteiger charge is 2.64. The van der Waals surface area contributed by atoms with E-state index in [0.29, 0.717) is 25.3 Å². The van der Waals surface area contributed by atoms with Crippen molar-refractivity contribution in [2.45, 2.75) is 43.5 Å². The molecule has 216 valence electrons. The first-order valence-corrected chi connectivity index (χ1v) is 13.3. The van der Waals surface area contributed by atoms with E-state index in [1.54, 1.807) is 20.2 Å². The molecule has 1 aliphatic heterocycles. The maximum Gasteiger partial charge on any atom is 0.255 e. The number of hydrogen-bond acceptors (Lipinski definition) is 11. The van der Waals surface area contributed by atoms with Gasteiger partial charge in [0, 0.05) is 50.5 Å². The minimum absolute atomic E-state index is 0.0429. The molecule has 12 heteroatoms. The van der Waals surface area contributed by atoms with E-state index in [-0.39, 0.29) is 35.8 Å². The summed E-state index contributed by atoms with van der Waals surface area (Å²) in [6.45, 7) is 1.72. The molecule has 1 saturated carbocycles. The first kappa shape index (κ1) is 28.1. The van der Waals surface area contributed by atoms with Crippen LogP contribution in [0.3, 0.4) is 0 Å². The number of hydrogen-bond donors (Lipinski definition) is 6. The molecule has 0 bridgehead atoms. The van der Waals surface area contributed by atoms with Gasteiger partial charge < -0.3 is 41.1 Å². The van der Waals surface area contributed by atoms with Crippen molar-refractivity contribution in [3.05, 3.63) is 39.7 Å².